The minimum Gasteiger partial charge on any atom is -0.497 e. The molecule has 1 rings (SSSR count). The fourth-order valence-corrected chi connectivity index (χ4v) is 3.81. The van der Waals surface area contributed by atoms with Crippen molar-refractivity contribution in [1.29, 1.82) is 0 Å². The van der Waals surface area contributed by atoms with Crippen LogP contribution in [0.25, 0.3) is 0 Å². The average Bonchev–Trinajstić information content (AvgIpc) is 2.43. The summed E-state index contributed by atoms with van der Waals surface area (Å²) in [5, 5.41) is 0. The van der Waals surface area contributed by atoms with Crippen LogP contribution in [-0.4, -0.2) is 44.9 Å². The van der Waals surface area contributed by atoms with Gasteiger partial charge in [0, 0.05) is 19.2 Å². The zero-order valence-corrected chi connectivity index (χ0v) is 13.9. The smallest absolute Gasteiger partial charge is 0.245 e. The third kappa shape index (κ3) is 3.80. The molecule has 0 aliphatic carbocycles. The predicted octanol–water partition coefficient (Wildman–Crippen LogP) is 2.04. The Kier molecular flexibility index (Phi) is 6.16. The highest BCUT2D eigenvalue weighted by Crippen LogP contribution is 2.27. The summed E-state index contributed by atoms with van der Waals surface area (Å²) in [6.07, 6.45) is 2.80. The lowest BCUT2D eigenvalue weighted by Gasteiger charge is -2.24. The van der Waals surface area contributed by atoms with Gasteiger partial charge in [-0.1, -0.05) is 0 Å². The molecule has 1 unspecified atom stereocenters. The van der Waals surface area contributed by atoms with Crippen molar-refractivity contribution in [3.8, 4) is 5.75 Å². The number of ether oxygens (including phenoxy) is 1. The molecular formula is C13H22N2O3S2. The zero-order chi connectivity index (χ0) is 15.3. The fourth-order valence-electron chi connectivity index (χ4n) is 1.75. The van der Waals surface area contributed by atoms with Gasteiger partial charge in [-0.05, 0) is 37.5 Å². The lowest BCUT2D eigenvalue weighted by atomic mass is 10.3. The van der Waals surface area contributed by atoms with Crippen LogP contribution in [0.15, 0.2) is 23.1 Å². The topological polar surface area (TPSA) is 72.6 Å². The predicted molar refractivity (Wildman–Crippen MR) is 84.8 cm³/mol. The van der Waals surface area contributed by atoms with Crippen molar-refractivity contribution in [2.24, 2.45) is 0 Å². The SMILES string of the molecule is COc1ccc(S(=O)(=O)N(C)C(C)CCSC)c(N)c1. The molecule has 1 aromatic carbocycles. The Morgan fingerprint density at radius 1 is 1.45 bits per heavy atom. The van der Waals surface area contributed by atoms with Crippen LogP contribution in [0.5, 0.6) is 5.75 Å². The van der Waals surface area contributed by atoms with E-state index < -0.39 is 10.0 Å². The maximum absolute atomic E-state index is 12.6. The fraction of sp³-hybridized carbons (Fsp3) is 0.538. The van der Waals surface area contributed by atoms with E-state index in [1.54, 1.807) is 24.9 Å². The Morgan fingerprint density at radius 3 is 2.60 bits per heavy atom. The molecule has 0 spiro atoms. The summed E-state index contributed by atoms with van der Waals surface area (Å²) < 4.78 is 31.5. The molecule has 0 aliphatic heterocycles. The molecule has 20 heavy (non-hydrogen) atoms. The molecule has 1 aromatic rings. The van der Waals surface area contributed by atoms with Gasteiger partial charge in [0.15, 0.2) is 0 Å². The maximum atomic E-state index is 12.6. The molecule has 0 aliphatic rings. The van der Waals surface area contributed by atoms with Crippen molar-refractivity contribution in [1.82, 2.24) is 4.31 Å². The second-order valence-corrected chi connectivity index (χ2v) is 7.51. The van der Waals surface area contributed by atoms with E-state index in [9.17, 15) is 8.42 Å². The third-order valence-corrected chi connectivity index (χ3v) is 5.92. The number of rotatable bonds is 7. The van der Waals surface area contributed by atoms with Crippen molar-refractivity contribution >= 4 is 27.5 Å². The van der Waals surface area contributed by atoms with E-state index in [4.69, 9.17) is 10.5 Å². The molecular weight excluding hydrogens is 296 g/mol. The molecule has 0 saturated carbocycles. The number of hydrogen-bond acceptors (Lipinski definition) is 5. The summed E-state index contributed by atoms with van der Waals surface area (Å²) >= 11 is 1.70. The molecule has 0 radical (unpaired) electrons. The maximum Gasteiger partial charge on any atom is 0.245 e. The average molecular weight is 318 g/mol. The van der Waals surface area contributed by atoms with Crippen LogP contribution in [0.2, 0.25) is 0 Å². The standard InChI is InChI=1S/C13H22N2O3S2/c1-10(7-8-19-4)15(2)20(16,17)13-6-5-11(18-3)9-12(13)14/h5-6,9-10H,7-8,14H2,1-4H3. The Balaban J connectivity index is 3.04. The summed E-state index contributed by atoms with van der Waals surface area (Å²) in [4.78, 5) is 0.122. The molecule has 7 heteroatoms. The monoisotopic (exact) mass is 318 g/mol. The molecule has 0 saturated heterocycles. The number of nitrogens with two attached hydrogens (primary N) is 1. The Morgan fingerprint density at radius 2 is 2.10 bits per heavy atom. The van der Waals surface area contributed by atoms with Crippen molar-refractivity contribution < 1.29 is 13.2 Å². The van der Waals surface area contributed by atoms with Gasteiger partial charge in [-0.2, -0.15) is 16.1 Å². The minimum absolute atomic E-state index is 0.0750. The number of methoxy groups -OCH3 is 1. The highest BCUT2D eigenvalue weighted by molar-refractivity contribution is 7.98. The van der Waals surface area contributed by atoms with Crippen molar-refractivity contribution in [2.45, 2.75) is 24.3 Å². The van der Waals surface area contributed by atoms with Gasteiger partial charge in [0.05, 0.1) is 12.8 Å². The first-order valence-electron chi connectivity index (χ1n) is 6.25. The van der Waals surface area contributed by atoms with Crippen LogP contribution in [0.3, 0.4) is 0 Å². The number of anilines is 1. The van der Waals surface area contributed by atoms with Crippen LogP contribution in [0, 0.1) is 0 Å². The Labute approximate surface area is 125 Å². The van der Waals surface area contributed by atoms with Crippen molar-refractivity contribution in [2.75, 3.05) is 31.9 Å². The summed E-state index contributed by atoms with van der Waals surface area (Å²) in [7, 11) is -0.480. The van der Waals surface area contributed by atoms with Crippen molar-refractivity contribution in [3.63, 3.8) is 0 Å². The summed E-state index contributed by atoms with van der Waals surface area (Å²) in [5.74, 6) is 1.46. The molecule has 114 valence electrons. The Hall–Kier alpha value is -0.920. The van der Waals surface area contributed by atoms with Gasteiger partial charge < -0.3 is 10.5 Å². The second-order valence-electron chi connectivity index (χ2n) is 4.56. The number of thioether (sulfide) groups is 1. The first kappa shape index (κ1) is 17.1. The number of nitrogens with zero attached hydrogens (tertiary/aromatic N) is 1. The van der Waals surface area contributed by atoms with E-state index >= 15 is 0 Å². The molecule has 0 heterocycles. The van der Waals surface area contributed by atoms with E-state index in [2.05, 4.69) is 0 Å². The van der Waals surface area contributed by atoms with Crippen molar-refractivity contribution in [3.05, 3.63) is 18.2 Å². The van der Waals surface area contributed by atoms with Gasteiger partial charge in [-0.15, -0.1) is 0 Å². The molecule has 0 fully saturated rings. The first-order chi connectivity index (χ1) is 9.34. The van der Waals surface area contributed by atoms with E-state index in [1.165, 1.54) is 23.5 Å². The second kappa shape index (κ2) is 7.19. The molecule has 5 nitrogen and oxygen atoms in total. The van der Waals surface area contributed by atoms with Crippen LogP contribution in [0.1, 0.15) is 13.3 Å². The van der Waals surface area contributed by atoms with Gasteiger partial charge >= 0.3 is 0 Å². The molecule has 0 bridgehead atoms. The van der Waals surface area contributed by atoms with Gasteiger partial charge in [-0.25, -0.2) is 8.42 Å². The normalized spacial score (nSPS) is 13.4. The minimum atomic E-state index is -3.58. The van der Waals surface area contributed by atoms with Gasteiger partial charge in [0.1, 0.15) is 10.6 Å². The van der Waals surface area contributed by atoms with Crippen LogP contribution >= 0.6 is 11.8 Å². The molecule has 1 atom stereocenters. The summed E-state index contributed by atoms with van der Waals surface area (Å²) in [6, 6.07) is 4.53. The molecule has 0 aromatic heterocycles. The summed E-state index contributed by atoms with van der Waals surface area (Å²) in [6.45, 7) is 1.90. The summed E-state index contributed by atoms with van der Waals surface area (Å²) in [5.41, 5.74) is 6.03. The van der Waals surface area contributed by atoms with Gasteiger partial charge in [-0.3, -0.25) is 0 Å². The third-order valence-electron chi connectivity index (χ3n) is 3.23. The number of nitrogen functional groups attached to an aromatic ring is 1. The quantitative estimate of drug-likeness (QED) is 0.779. The van der Waals surface area contributed by atoms with E-state index in [-0.39, 0.29) is 16.6 Å². The molecule has 2 N–H and O–H groups in total. The van der Waals surface area contributed by atoms with Crippen LogP contribution in [0.4, 0.5) is 5.69 Å². The number of sulfonamides is 1. The van der Waals surface area contributed by atoms with E-state index in [0.717, 1.165) is 12.2 Å². The Bertz CT molecular complexity index is 547. The van der Waals surface area contributed by atoms with E-state index in [0.29, 0.717) is 5.75 Å². The first-order valence-corrected chi connectivity index (χ1v) is 9.08. The largest absolute Gasteiger partial charge is 0.497 e. The van der Waals surface area contributed by atoms with Gasteiger partial charge in [0.25, 0.3) is 0 Å². The van der Waals surface area contributed by atoms with Crippen LogP contribution in [-0.2, 0) is 10.0 Å². The molecule has 0 amide bonds. The highest BCUT2D eigenvalue weighted by Gasteiger charge is 2.27. The lowest BCUT2D eigenvalue weighted by molar-refractivity contribution is 0.382. The van der Waals surface area contributed by atoms with E-state index in [1.807, 2.05) is 13.2 Å². The van der Waals surface area contributed by atoms with Gasteiger partial charge in [0.2, 0.25) is 10.0 Å². The number of hydrogen-bond donors (Lipinski definition) is 1. The lowest BCUT2D eigenvalue weighted by Crippen LogP contribution is -2.35. The highest BCUT2D eigenvalue weighted by atomic mass is 32.2. The van der Waals surface area contributed by atoms with Crippen LogP contribution < -0.4 is 10.5 Å². The zero-order valence-electron chi connectivity index (χ0n) is 12.3. The number of benzene rings is 1.